The van der Waals surface area contributed by atoms with Crippen LogP contribution >= 0.6 is 0 Å². The Morgan fingerprint density at radius 2 is 2.04 bits per heavy atom. The van der Waals surface area contributed by atoms with Crippen molar-refractivity contribution in [3.63, 3.8) is 0 Å². The maximum absolute atomic E-state index is 12.6. The third-order valence-corrected chi connectivity index (χ3v) is 5.30. The molecule has 0 saturated heterocycles. The van der Waals surface area contributed by atoms with Gasteiger partial charge in [-0.2, -0.15) is 5.26 Å². The number of nitrogens with one attached hydrogen (secondary N) is 1. The molecule has 6 nitrogen and oxygen atoms in total. The molecule has 1 aliphatic carbocycles. The number of carbonyl (C=O) groups excluding carboxylic acids is 1. The largest absolute Gasteiger partial charge is 0.327 e. The van der Waals surface area contributed by atoms with Crippen LogP contribution in [0.25, 0.3) is 0 Å². The molecule has 1 saturated carbocycles. The molecule has 0 aliphatic heterocycles. The van der Waals surface area contributed by atoms with Gasteiger partial charge in [0.15, 0.2) is 0 Å². The van der Waals surface area contributed by atoms with Crippen LogP contribution in [0.4, 0.5) is 5.82 Å². The second-order valence-electron chi connectivity index (χ2n) is 6.86. The van der Waals surface area contributed by atoms with E-state index in [0.29, 0.717) is 17.4 Å². The van der Waals surface area contributed by atoms with Crippen molar-refractivity contribution in [1.82, 2.24) is 14.1 Å². The van der Waals surface area contributed by atoms with E-state index in [1.807, 2.05) is 20.8 Å². The zero-order chi connectivity index (χ0) is 18.0. The fourth-order valence-electron chi connectivity index (χ4n) is 3.78. The lowest BCUT2D eigenvalue weighted by Crippen LogP contribution is -2.23. The Balaban J connectivity index is 1.91. The van der Waals surface area contributed by atoms with Gasteiger partial charge in [-0.05, 0) is 39.2 Å². The van der Waals surface area contributed by atoms with Crippen molar-refractivity contribution in [3.8, 4) is 6.07 Å². The average Bonchev–Trinajstić information content (AvgIpc) is 3.10. The highest BCUT2D eigenvalue weighted by Gasteiger charge is 2.25. The smallest absolute Gasteiger partial charge is 0.245 e. The van der Waals surface area contributed by atoms with Crippen LogP contribution in [0.2, 0.25) is 0 Å². The Hall–Kier alpha value is -2.55. The van der Waals surface area contributed by atoms with Crippen molar-refractivity contribution >= 4 is 11.7 Å². The predicted octanol–water partition coefficient (Wildman–Crippen LogP) is 3.63. The second kappa shape index (κ2) is 7.14. The van der Waals surface area contributed by atoms with Crippen LogP contribution in [0.1, 0.15) is 60.8 Å². The Labute approximate surface area is 148 Å². The molecule has 2 aromatic heterocycles. The molecule has 3 rings (SSSR count). The number of hydrogen-bond donors (Lipinski definition) is 1. The van der Waals surface area contributed by atoms with E-state index in [9.17, 15) is 10.1 Å². The van der Waals surface area contributed by atoms with Gasteiger partial charge in [0.05, 0.1) is 5.56 Å². The second-order valence-corrected chi connectivity index (χ2v) is 6.86. The zero-order valence-corrected chi connectivity index (χ0v) is 15.2. The van der Waals surface area contributed by atoms with E-state index in [1.54, 1.807) is 17.0 Å². The molecule has 0 spiro atoms. The fourth-order valence-corrected chi connectivity index (χ4v) is 3.78. The summed E-state index contributed by atoms with van der Waals surface area (Å²) in [4.78, 5) is 16.7. The first-order valence-corrected chi connectivity index (χ1v) is 8.92. The molecular weight excluding hydrogens is 314 g/mol. The number of nitriles is 1. The summed E-state index contributed by atoms with van der Waals surface area (Å²) in [5.74, 6) is 1.32. The van der Waals surface area contributed by atoms with E-state index < -0.39 is 0 Å². The standard InChI is InChI=1S/C19H25N5O/c1-13-14(2)24(16-7-5-4-6-8-16)19(17(13)11-20)22-18(25)12-23-10-9-21-15(23)3/h9-10,16H,4-8,12H2,1-3H3,(H,22,25). The monoisotopic (exact) mass is 339 g/mol. The molecule has 132 valence electrons. The number of carbonyl (C=O) groups is 1. The highest BCUT2D eigenvalue weighted by atomic mass is 16.2. The van der Waals surface area contributed by atoms with Crippen LogP contribution in [0.3, 0.4) is 0 Å². The van der Waals surface area contributed by atoms with Crippen LogP contribution in [0, 0.1) is 32.1 Å². The minimum atomic E-state index is -0.132. The van der Waals surface area contributed by atoms with Crippen molar-refractivity contribution in [3.05, 3.63) is 35.0 Å². The zero-order valence-electron chi connectivity index (χ0n) is 15.2. The molecule has 0 atom stereocenters. The molecule has 6 heteroatoms. The molecule has 0 bridgehead atoms. The van der Waals surface area contributed by atoms with Gasteiger partial charge in [-0.3, -0.25) is 4.79 Å². The molecule has 1 amide bonds. The quantitative estimate of drug-likeness (QED) is 0.924. The van der Waals surface area contributed by atoms with Crippen LogP contribution < -0.4 is 5.32 Å². The van der Waals surface area contributed by atoms with E-state index in [0.717, 1.165) is 29.9 Å². The summed E-state index contributed by atoms with van der Waals surface area (Å²) in [7, 11) is 0. The van der Waals surface area contributed by atoms with E-state index >= 15 is 0 Å². The topological polar surface area (TPSA) is 75.6 Å². The fraction of sp³-hybridized carbons (Fsp3) is 0.526. The van der Waals surface area contributed by atoms with Gasteiger partial charge in [0.2, 0.25) is 5.91 Å². The SMILES string of the molecule is Cc1c(C#N)c(NC(=O)Cn2ccnc2C)n(C2CCCCC2)c1C. The Bertz CT molecular complexity index is 818. The molecule has 1 fully saturated rings. The summed E-state index contributed by atoms with van der Waals surface area (Å²) in [5.41, 5.74) is 2.62. The first kappa shape index (κ1) is 17.3. The van der Waals surface area contributed by atoms with E-state index in [2.05, 4.69) is 20.9 Å². The van der Waals surface area contributed by atoms with Crippen LogP contribution in [-0.4, -0.2) is 20.0 Å². The minimum absolute atomic E-state index is 0.132. The number of anilines is 1. The number of aromatic nitrogens is 3. The Morgan fingerprint density at radius 1 is 1.32 bits per heavy atom. The summed E-state index contributed by atoms with van der Waals surface area (Å²) in [6.07, 6.45) is 9.34. The molecule has 2 heterocycles. The number of nitrogens with zero attached hydrogens (tertiary/aromatic N) is 4. The van der Waals surface area contributed by atoms with Crippen molar-refractivity contribution in [1.29, 1.82) is 5.26 Å². The highest BCUT2D eigenvalue weighted by Crippen LogP contribution is 2.36. The van der Waals surface area contributed by atoms with Gasteiger partial charge in [0.1, 0.15) is 24.3 Å². The molecule has 1 aliphatic rings. The summed E-state index contributed by atoms with van der Waals surface area (Å²) >= 11 is 0. The van der Waals surface area contributed by atoms with Crippen LogP contribution in [-0.2, 0) is 11.3 Å². The first-order valence-electron chi connectivity index (χ1n) is 8.92. The number of imidazole rings is 1. The lowest BCUT2D eigenvalue weighted by atomic mass is 9.95. The molecule has 25 heavy (non-hydrogen) atoms. The predicted molar refractivity (Wildman–Crippen MR) is 96.3 cm³/mol. The highest BCUT2D eigenvalue weighted by molar-refractivity contribution is 5.91. The minimum Gasteiger partial charge on any atom is -0.327 e. The van der Waals surface area contributed by atoms with Crippen molar-refractivity contribution < 1.29 is 4.79 Å². The van der Waals surface area contributed by atoms with Crippen molar-refractivity contribution in [2.45, 2.75) is 65.5 Å². The molecule has 0 aromatic carbocycles. The first-order chi connectivity index (χ1) is 12.0. The Kier molecular flexibility index (Phi) is 4.93. The molecule has 1 N–H and O–H groups in total. The molecule has 0 radical (unpaired) electrons. The summed E-state index contributed by atoms with van der Waals surface area (Å²) in [6.45, 7) is 6.07. The average molecular weight is 339 g/mol. The number of aryl methyl sites for hydroxylation is 1. The van der Waals surface area contributed by atoms with Crippen LogP contribution in [0.15, 0.2) is 12.4 Å². The van der Waals surface area contributed by atoms with Gasteiger partial charge in [-0.15, -0.1) is 0 Å². The van der Waals surface area contributed by atoms with E-state index in [1.165, 1.54) is 19.3 Å². The summed E-state index contributed by atoms with van der Waals surface area (Å²) in [5, 5.41) is 12.6. The van der Waals surface area contributed by atoms with Gasteiger partial charge in [0.25, 0.3) is 0 Å². The maximum atomic E-state index is 12.6. The third kappa shape index (κ3) is 3.32. The normalized spacial score (nSPS) is 15.1. The van der Waals surface area contributed by atoms with Gasteiger partial charge < -0.3 is 14.5 Å². The van der Waals surface area contributed by atoms with Gasteiger partial charge >= 0.3 is 0 Å². The maximum Gasteiger partial charge on any atom is 0.245 e. The number of hydrogen-bond acceptors (Lipinski definition) is 3. The van der Waals surface area contributed by atoms with Crippen LogP contribution in [0.5, 0.6) is 0 Å². The number of rotatable bonds is 4. The lowest BCUT2D eigenvalue weighted by molar-refractivity contribution is -0.116. The van der Waals surface area contributed by atoms with Gasteiger partial charge in [0, 0.05) is 24.1 Å². The van der Waals surface area contributed by atoms with Crippen molar-refractivity contribution in [2.24, 2.45) is 0 Å². The van der Waals surface area contributed by atoms with E-state index in [4.69, 9.17) is 0 Å². The van der Waals surface area contributed by atoms with Crippen molar-refractivity contribution in [2.75, 3.05) is 5.32 Å². The van der Waals surface area contributed by atoms with E-state index in [-0.39, 0.29) is 12.5 Å². The van der Waals surface area contributed by atoms with Gasteiger partial charge in [-0.1, -0.05) is 19.3 Å². The summed E-state index contributed by atoms with van der Waals surface area (Å²) < 4.78 is 3.99. The molecule has 0 unspecified atom stereocenters. The Morgan fingerprint density at radius 3 is 2.64 bits per heavy atom. The van der Waals surface area contributed by atoms with Gasteiger partial charge in [-0.25, -0.2) is 4.98 Å². The third-order valence-electron chi connectivity index (χ3n) is 5.30. The lowest BCUT2D eigenvalue weighted by Gasteiger charge is -2.27. The molecular formula is C19H25N5O. The summed E-state index contributed by atoms with van der Waals surface area (Å²) in [6, 6.07) is 2.65. The molecule has 2 aromatic rings. The number of amides is 1.